The number of hydrogen-bond donors (Lipinski definition) is 0. The van der Waals surface area contributed by atoms with Crippen molar-refractivity contribution >= 4 is 5.97 Å². The van der Waals surface area contributed by atoms with Crippen LogP contribution in [0.2, 0.25) is 0 Å². The second-order valence-electron chi connectivity index (χ2n) is 7.12. The number of hydrogen-bond acceptors (Lipinski definition) is 2. The summed E-state index contributed by atoms with van der Waals surface area (Å²) in [6.07, 6.45) is 7.30. The molecule has 1 aromatic carbocycles. The summed E-state index contributed by atoms with van der Waals surface area (Å²) in [5, 5.41) is 0. The van der Waals surface area contributed by atoms with Crippen LogP contribution in [0, 0.1) is 23.7 Å². The highest BCUT2D eigenvalue weighted by Crippen LogP contribution is 2.59. The quantitative estimate of drug-likeness (QED) is 0.596. The van der Waals surface area contributed by atoms with Crippen LogP contribution in [0.1, 0.15) is 50.5 Å². The second kappa shape index (κ2) is 4.61. The molecule has 0 saturated heterocycles. The highest BCUT2D eigenvalue weighted by atomic mass is 16.5. The zero-order valence-corrected chi connectivity index (χ0v) is 12.0. The molecule has 0 amide bonds. The first kappa shape index (κ1) is 12.4. The van der Waals surface area contributed by atoms with Gasteiger partial charge in [0.2, 0.25) is 0 Å². The topological polar surface area (TPSA) is 26.3 Å². The van der Waals surface area contributed by atoms with Crippen LogP contribution in [-0.4, -0.2) is 5.97 Å². The minimum absolute atomic E-state index is 0.243. The third-order valence-corrected chi connectivity index (χ3v) is 5.75. The Kier molecular flexibility index (Phi) is 2.87. The van der Waals surface area contributed by atoms with Gasteiger partial charge in [-0.15, -0.1) is 0 Å². The van der Waals surface area contributed by atoms with E-state index in [-0.39, 0.29) is 5.97 Å². The van der Waals surface area contributed by atoms with Crippen LogP contribution in [0.15, 0.2) is 24.3 Å². The van der Waals surface area contributed by atoms with E-state index in [1.807, 2.05) is 12.1 Å². The molecule has 0 unspecified atom stereocenters. The largest absolute Gasteiger partial charge is 0.427 e. The second-order valence-corrected chi connectivity index (χ2v) is 7.12. The molecule has 5 rings (SSSR count). The summed E-state index contributed by atoms with van der Waals surface area (Å²) in [7, 11) is 0. The molecule has 1 aromatic rings. The molecule has 0 heterocycles. The molecular weight excluding hydrogens is 248 g/mol. The lowest BCUT2D eigenvalue weighted by molar-refractivity contribution is -0.131. The molecule has 0 N–H and O–H groups in total. The third-order valence-electron chi connectivity index (χ3n) is 5.75. The van der Waals surface area contributed by atoms with Crippen molar-refractivity contribution < 1.29 is 9.53 Å². The van der Waals surface area contributed by atoms with Crippen LogP contribution < -0.4 is 4.74 Å². The van der Waals surface area contributed by atoms with E-state index in [2.05, 4.69) is 12.1 Å². The summed E-state index contributed by atoms with van der Waals surface area (Å²) in [4.78, 5) is 11.0. The van der Waals surface area contributed by atoms with E-state index in [9.17, 15) is 4.79 Å². The molecule has 106 valence electrons. The van der Waals surface area contributed by atoms with Crippen LogP contribution >= 0.6 is 0 Å². The van der Waals surface area contributed by atoms with Crippen LogP contribution in [-0.2, 0) is 4.79 Å². The zero-order valence-electron chi connectivity index (χ0n) is 12.0. The Hall–Kier alpha value is -1.31. The molecule has 4 aliphatic rings. The fourth-order valence-electron chi connectivity index (χ4n) is 5.39. The predicted molar refractivity (Wildman–Crippen MR) is 77.5 cm³/mol. The third kappa shape index (κ3) is 2.06. The van der Waals surface area contributed by atoms with Crippen LogP contribution in [0.25, 0.3) is 0 Å². The summed E-state index contributed by atoms with van der Waals surface area (Å²) in [5.74, 6) is 5.05. The smallest absolute Gasteiger partial charge is 0.308 e. The van der Waals surface area contributed by atoms with Gasteiger partial charge in [0.1, 0.15) is 5.75 Å². The summed E-state index contributed by atoms with van der Waals surface area (Å²) < 4.78 is 5.14. The predicted octanol–water partition coefficient (Wildman–Crippen LogP) is 4.15. The van der Waals surface area contributed by atoms with Crippen molar-refractivity contribution in [3.63, 3.8) is 0 Å². The van der Waals surface area contributed by atoms with E-state index >= 15 is 0 Å². The van der Waals surface area contributed by atoms with Gasteiger partial charge in [0, 0.05) is 6.92 Å². The number of esters is 1. The minimum atomic E-state index is -0.243. The van der Waals surface area contributed by atoms with E-state index < -0.39 is 0 Å². The average molecular weight is 270 g/mol. The van der Waals surface area contributed by atoms with Gasteiger partial charge in [0.05, 0.1) is 0 Å². The minimum Gasteiger partial charge on any atom is -0.427 e. The number of rotatable bonds is 2. The summed E-state index contributed by atoms with van der Waals surface area (Å²) >= 11 is 0. The van der Waals surface area contributed by atoms with Gasteiger partial charge >= 0.3 is 5.97 Å². The highest BCUT2D eigenvalue weighted by Gasteiger charge is 2.48. The van der Waals surface area contributed by atoms with Crippen molar-refractivity contribution in [2.45, 2.75) is 44.9 Å². The Morgan fingerprint density at radius 2 is 1.50 bits per heavy atom. The maximum Gasteiger partial charge on any atom is 0.308 e. The van der Waals surface area contributed by atoms with Gasteiger partial charge in [-0.2, -0.15) is 0 Å². The van der Waals surface area contributed by atoms with Gasteiger partial charge in [-0.3, -0.25) is 4.79 Å². The first-order valence-corrected chi connectivity index (χ1v) is 7.97. The van der Waals surface area contributed by atoms with Crippen molar-refractivity contribution in [3.8, 4) is 5.75 Å². The maximum absolute atomic E-state index is 11.0. The first-order chi connectivity index (χ1) is 9.69. The Bertz CT molecular complexity index is 489. The molecule has 4 fully saturated rings. The van der Waals surface area contributed by atoms with Crippen molar-refractivity contribution in [3.05, 3.63) is 29.8 Å². The van der Waals surface area contributed by atoms with Gasteiger partial charge in [-0.05, 0) is 79.4 Å². The zero-order chi connectivity index (χ0) is 13.7. The van der Waals surface area contributed by atoms with E-state index in [1.165, 1.54) is 44.6 Å². The average Bonchev–Trinajstić information content (AvgIpc) is 2.38. The molecule has 4 saturated carbocycles. The lowest BCUT2D eigenvalue weighted by atomic mass is 9.51. The molecule has 0 atom stereocenters. The van der Waals surface area contributed by atoms with E-state index in [4.69, 9.17) is 4.74 Å². The molecule has 0 aliphatic heterocycles. The number of carbonyl (C=O) groups excluding carboxylic acids is 1. The summed E-state index contributed by atoms with van der Waals surface area (Å²) in [6.45, 7) is 1.45. The molecule has 0 aromatic heterocycles. The number of carbonyl (C=O) groups is 1. The number of ether oxygens (including phenoxy) is 1. The van der Waals surface area contributed by atoms with Gasteiger partial charge in [0.25, 0.3) is 0 Å². The van der Waals surface area contributed by atoms with E-state index in [1.54, 1.807) is 0 Å². The molecule has 4 bridgehead atoms. The Morgan fingerprint density at radius 3 is 2.00 bits per heavy atom. The maximum atomic E-state index is 11.0. The van der Waals surface area contributed by atoms with Crippen LogP contribution in [0.4, 0.5) is 0 Å². The van der Waals surface area contributed by atoms with Gasteiger partial charge in [-0.1, -0.05) is 12.1 Å². The standard InChI is InChI=1S/C18H22O2/c1-11(19)20-17-4-2-14(3-5-17)18-15-7-12-6-13(9-15)10-16(18)8-12/h2-5,12-13,15-16,18H,6-10H2,1H3. The van der Waals surface area contributed by atoms with Crippen molar-refractivity contribution in [2.75, 3.05) is 0 Å². The van der Waals surface area contributed by atoms with Gasteiger partial charge < -0.3 is 4.74 Å². The van der Waals surface area contributed by atoms with E-state index in [0.717, 1.165) is 29.6 Å². The molecule has 0 radical (unpaired) electrons. The number of benzene rings is 1. The van der Waals surface area contributed by atoms with Gasteiger partial charge in [-0.25, -0.2) is 0 Å². The lowest BCUT2D eigenvalue weighted by Gasteiger charge is -2.54. The Morgan fingerprint density at radius 1 is 0.950 bits per heavy atom. The monoisotopic (exact) mass is 270 g/mol. The Labute approximate surface area is 120 Å². The fourth-order valence-corrected chi connectivity index (χ4v) is 5.39. The van der Waals surface area contributed by atoms with Crippen molar-refractivity contribution in [2.24, 2.45) is 23.7 Å². The SMILES string of the molecule is CC(=O)Oc1ccc(C2C3CC4CC(C3)CC2C4)cc1. The van der Waals surface area contributed by atoms with Crippen LogP contribution in [0.5, 0.6) is 5.75 Å². The van der Waals surface area contributed by atoms with Crippen molar-refractivity contribution in [1.29, 1.82) is 0 Å². The summed E-state index contributed by atoms with van der Waals surface area (Å²) in [5.41, 5.74) is 1.47. The lowest BCUT2D eigenvalue weighted by Crippen LogP contribution is -2.43. The molecule has 20 heavy (non-hydrogen) atoms. The van der Waals surface area contributed by atoms with Crippen LogP contribution in [0.3, 0.4) is 0 Å². The molecule has 2 heteroatoms. The molecule has 0 spiro atoms. The molecule has 2 nitrogen and oxygen atoms in total. The first-order valence-electron chi connectivity index (χ1n) is 7.97. The Balaban J connectivity index is 1.57. The summed E-state index contributed by atoms with van der Waals surface area (Å²) in [6, 6.07) is 8.29. The molecule has 4 aliphatic carbocycles. The van der Waals surface area contributed by atoms with Crippen molar-refractivity contribution in [1.82, 2.24) is 0 Å². The normalized spacial score (nSPS) is 38.0. The van der Waals surface area contributed by atoms with Gasteiger partial charge in [0.15, 0.2) is 0 Å². The highest BCUT2D eigenvalue weighted by molar-refractivity contribution is 5.69. The molecular formula is C18H22O2. The van der Waals surface area contributed by atoms with E-state index in [0.29, 0.717) is 5.75 Å². The fraction of sp³-hybridized carbons (Fsp3) is 0.611.